The maximum Gasteiger partial charge on any atom is 0.239 e. The molecule has 2 aliphatic heterocycles. The van der Waals surface area contributed by atoms with E-state index in [9.17, 15) is 17.2 Å². The standard InChI is InChI=1S/C19H18F2N4O4S/c1-19(9-30(26,27)25(2)18(22)24-19)12-5-11(3-4-13(12)20)6-14(21)15-7-16-17(8-23-15)29-10-28-16/h3-8H,9-10H2,1-2H3,(H2,22,24)/b14-6-/t19-/m0/s1. The first kappa shape index (κ1) is 20.1. The molecule has 0 amide bonds. The first-order valence-electron chi connectivity index (χ1n) is 8.84. The van der Waals surface area contributed by atoms with Crippen molar-refractivity contribution < 1.29 is 26.7 Å². The Morgan fingerprint density at radius 3 is 2.77 bits per heavy atom. The van der Waals surface area contributed by atoms with Crippen molar-refractivity contribution in [3.63, 3.8) is 0 Å². The molecule has 0 fully saturated rings. The van der Waals surface area contributed by atoms with Gasteiger partial charge in [0.05, 0.1) is 11.9 Å². The van der Waals surface area contributed by atoms with Crippen molar-refractivity contribution in [1.29, 1.82) is 0 Å². The molecule has 0 saturated heterocycles. The van der Waals surface area contributed by atoms with Crippen LogP contribution in [0.1, 0.15) is 23.7 Å². The largest absolute Gasteiger partial charge is 0.453 e. The number of pyridine rings is 1. The summed E-state index contributed by atoms with van der Waals surface area (Å²) < 4.78 is 65.3. The van der Waals surface area contributed by atoms with Crippen LogP contribution in [0.4, 0.5) is 8.78 Å². The van der Waals surface area contributed by atoms with Gasteiger partial charge in [-0.1, -0.05) is 6.07 Å². The number of nitrogens with zero attached hydrogens (tertiary/aromatic N) is 3. The SMILES string of the molecule is CN1C(N)=N[C@](C)(c2cc(/C=C(\F)c3cc4c(cn3)OCO4)ccc2F)CS1(=O)=O. The van der Waals surface area contributed by atoms with Gasteiger partial charge >= 0.3 is 0 Å². The fourth-order valence-corrected chi connectivity index (χ4v) is 4.74. The zero-order valence-electron chi connectivity index (χ0n) is 16.1. The highest BCUT2D eigenvalue weighted by atomic mass is 32.2. The molecule has 2 N–H and O–H groups in total. The van der Waals surface area contributed by atoms with Gasteiger partial charge in [-0.2, -0.15) is 0 Å². The van der Waals surface area contributed by atoms with E-state index in [4.69, 9.17) is 15.2 Å². The average Bonchev–Trinajstić information content (AvgIpc) is 3.15. The summed E-state index contributed by atoms with van der Waals surface area (Å²) in [7, 11) is -2.51. The molecule has 8 nitrogen and oxygen atoms in total. The number of benzene rings is 1. The van der Waals surface area contributed by atoms with E-state index >= 15 is 0 Å². The van der Waals surface area contributed by atoms with Crippen LogP contribution in [-0.4, -0.2) is 43.3 Å². The van der Waals surface area contributed by atoms with Crippen LogP contribution >= 0.6 is 0 Å². The maximum atomic E-state index is 14.8. The van der Waals surface area contributed by atoms with Gasteiger partial charge in [-0.05, 0) is 30.7 Å². The molecule has 0 radical (unpaired) electrons. The van der Waals surface area contributed by atoms with Gasteiger partial charge in [0.15, 0.2) is 11.5 Å². The molecule has 11 heteroatoms. The molecule has 30 heavy (non-hydrogen) atoms. The fourth-order valence-electron chi connectivity index (χ4n) is 3.29. The molecule has 1 aromatic heterocycles. The summed E-state index contributed by atoms with van der Waals surface area (Å²) in [6.45, 7) is 1.50. The van der Waals surface area contributed by atoms with Crippen molar-refractivity contribution in [1.82, 2.24) is 9.29 Å². The van der Waals surface area contributed by atoms with E-state index in [1.807, 2.05) is 0 Å². The molecule has 0 bridgehead atoms. The van der Waals surface area contributed by atoms with Crippen molar-refractivity contribution in [3.05, 3.63) is 53.1 Å². The van der Waals surface area contributed by atoms with Gasteiger partial charge in [0.2, 0.25) is 22.8 Å². The predicted octanol–water partition coefficient (Wildman–Crippen LogP) is 2.22. The quantitative estimate of drug-likeness (QED) is 0.791. The van der Waals surface area contributed by atoms with Crippen molar-refractivity contribution in [2.24, 2.45) is 10.7 Å². The zero-order chi connectivity index (χ0) is 21.7. The summed E-state index contributed by atoms with van der Waals surface area (Å²) >= 11 is 0. The Labute approximate surface area is 171 Å². The summed E-state index contributed by atoms with van der Waals surface area (Å²) in [6, 6.07) is 5.24. The number of hydrogen-bond donors (Lipinski definition) is 1. The van der Waals surface area contributed by atoms with Gasteiger partial charge in [0, 0.05) is 18.7 Å². The normalized spacial score (nSPS) is 22.7. The predicted molar refractivity (Wildman–Crippen MR) is 106 cm³/mol. The second-order valence-electron chi connectivity index (χ2n) is 7.12. The van der Waals surface area contributed by atoms with Gasteiger partial charge < -0.3 is 15.2 Å². The van der Waals surface area contributed by atoms with Gasteiger partial charge in [0.1, 0.15) is 22.9 Å². The smallest absolute Gasteiger partial charge is 0.239 e. The third-order valence-corrected chi connectivity index (χ3v) is 6.88. The molecule has 2 aromatic rings. The monoisotopic (exact) mass is 436 g/mol. The Morgan fingerprint density at radius 1 is 1.30 bits per heavy atom. The molecule has 0 aliphatic carbocycles. The van der Waals surface area contributed by atoms with E-state index in [1.165, 1.54) is 38.4 Å². The van der Waals surface area contributed by atoms with Crippen molar-refractivity contribution in [3.8, 4) is 11.5 Å². The van der Waals surface area contributed by atoms with Crippen LogP contribution in [0, 0.1) is 5.82 Å². The summed E-state index contributed by atoms with van der Waals surface area (Å²) in [5, 5.41) is 0. The molecule has 1 atom stereocenters. The second-order valence-corrected chi connectivity index (χ2v) is 9.12. The molecule has 0 spiro atoms. The Balaban J connectivity index is 1.73. The van der Waals surface area contributed by atoms with Gasteiger partial charge in [-0.25, -0.2) is 31.5 Å². The highest BCUT2D eigenvalue weighted by Gasteiger charge is 2.41. The van der Waals surface area contributed by atoms with Crippen LogP contribution in [0.15, 0.2) is 35.5 Å². The number of fused-ring (bicyclic) bond motifs is 1. The van der Waals surface area contributed by atoms with Crippen LogP contribution in [0.2, 0.25) is 0 Å². The first-order chi connectivity index (χ1) is 14.1. The van der Waals surface area contributed by atoms with Gasteiger partial charge in [-0.15, -0.1) is 0 Å². The Kier molecular flexibility index (Phi) is 4.64. The maximum absolute atomic E-state index is 14.8. The molecule has 0 unspecified atom stereocenters. The van der Waals surface area contributed by atoms with E-state index in [0.29, 0.717) is 17.1 Å². The topological polar surface area (TPSA) is 107 Å². The second kappa shape index (κ2) is 6.94. The molecule has 3 heterocycles. The minimum atomic E-state index is -3.78. The van der Waals surface area contributed by atoms with Crippen molar-refractivity contribution >= 4 is 27.9 Å². The Morgan fingerprint density at radius 2 is 2.03 bits per heavy atom. The van der Waals surface area contributed by atoms with E-state index in [2.05, 4.69) is 9.98 Å². The van der Waals surface area contributed by atoms with E-state index in [1.54, 1.807) is 0 Å². The van der Waals surface area contributed by atoms with Gasteiger partial charge in [-0.3, -0.25) is 0 Å². The third kappa shape index (κ3) is 3.45. The van der Waals surface area contributed by atoms with Crippen LogP contribution in [0.3, 0.4) is 0 Å². The molecule has 4 rings (SSSR count). The number of halogens is 2. The van der Waals surface area contributed by atoms with Crippen LogP contribution < -0.4 is 15.2 Å². The van der Waals surface area contributed by atoms with Crippen LogP contribution in [0.25, 0.3) is 11.9 Å². The number of hydrogen-bond acceptors (Lipinski definition) is 7. The minimum Gasteiger partial charge on any atom is -0.453 e. The van der Waals surface area contributed by atoms with E-state index in [0.717, 1.165) is 16.4 Å². The molecule has 1 aromatic carbocycles. The summed E-state index contributed by atoms with van der Waals surface area (Å²) in [4.78, 5) is 8.17. The average molecular weight is 436 g/mol. The zero-order valence-corrected chi connectivity index (χ0v) is 16.9. The molecule has 2 aliphatic rings. The number of aliphatic imine (C=N–C) groups is 1. The lowest BCUT2D eigenvalue weighted by atomic mass is 9.92. The highest BCUT2D eigenvalue weighted by molar-refractivity contribution is 7.89. The first-order valence-corrected chi connectivity index (χ1v) is 10.5. The third-order valence-electron chi connectivity index (χ3n) is 4.93. The van der Waals surface area contributed by atoms with E-state index < -0.39 is 33.0 Å². The Bertz CT molecular complexity index is 1200. The lowest BCUT2D eigenvalue weighted by Gasteiger charge is -2.34. The summed E-state index contributed by atoms with van der Waals surface area (Å²) in [5.74, 6) is -1.30. The van der Waals surface area contributed by atoms with Crippen molar-refractivity contribution in [2.45, 2.75) is 12.5 Å². The number of nitrogens with two attached hydrogens (primary N) is 1. The molecular formula is C19H18F2N4O4S. The van der Waals surface area contributed by atoms with Crippen molar-refractivity contribution in [2.75, 3.05) is 19.6 Å². The molecular weight excluding hydrogens is 418 g/mol. The van der Waals surface area contributed by atoms with Crippen LogP contribution in [0.5, 0.6) is 11.5 Å². The van der Waals surface area contributed by atoms with Crippen LogP contribution in [-0.2, 0) is 15.6 Å². The minimum absolute atomic E-state index is 0.0117. The fraction of sp³-hybridized carbons (Fsp3) is 0.263. The number of ether oxygens (including phenoxy) is 2. The number of sulfonamides is 1. The summed E-state index contributed by atoms with van der Waals surface area (Å²) in [6.07, 6.45) is 2.51. The molecule has 0 saturated carbocycles. The highest BCUT2D eigenvalue weighted by Crippen LogP contribution is 2.36. The summed E-state index contributed by atoms with van der Waals surface area (Å²) in [5.41, 5.74) is 4.57. The van der Waals surface area contributed by atoms with Gasteiger partial charge in [0.25, 0.3) is 0 Å². The molecule has 158 valence electrons. The number of aromatic nitrogens is 1. The number of guanidine groups is 1. The lowest BCUT2D eigenvalue weighted by Crippen LogP contribution is -2.50. The van der Waals surface area contributed by atoms with E-state index in [-0.39, 0.29) is 24.0 Å². The number of rotatable bonds is 3. The lowest BCUT2D eigenvalue weighted by molar-refractivity contribution is 0.174. The Hall–Kier alpha value is -3.21.